The Morgan fingerprint density at radius 2 is 1.83 bits per heavy atom. The highest BCUT2D eigenvalue weighted by Gasteiger charge is 2.23. The van der Waals surface area contributed by atoms with Gasteiger partial charge in [-0.3, -0.25) is 0 Å². The average Bonchev–Trinajstić information content (AvgIpc) is 2.14. The Labute approximate surface area is 77.1 Å². The molecule has 72 valence electrons. The molecule has 1 nitrogen and oxygen atoms in total. The zero-order valence-corrected chi connectivity index (χ0v) is 9.01. The first-order valence-corrected chi connectivity index (χ1v) is 5.39. The van der Waals surface area contributed by atoms with Gasteiger partial charge in [0.05, 0.1) is 0 Å². The molecule has 12 heavy (non-hydrogen) atoms. The van der Waals surface area contributed by atoms with E-state index in [-0.39, 0.29) is 0 Å². The molecule has 0 saturated carbocycles. The van der Waals surface area contributed by atoms with E-state index in [2.05, 4.69) is 32.6 Å². The summed E-state index contributed by atoms with van der Waals surface area (Å²) in [6.07, 6.45) is 2.77. The number of hydrogen-bond acceptors (Lipinski definition) is 1. The van der Waals surface area contributed by atoms with Gasteiger partial charge in [0.1, 0.15) is 0 Å². The van der Waals surface area contributed by atoms with Crippen molar-refractivity contribution in [3.63, 3.8) is 0 Å². The van der Waals surface area contributed by atoms with Crippen LogP contribution in [0.15, 0.2) is 0 Å². The fourth-order valence-electron chi connectivity index (χ4n) is 2.26. The highest BCUT2D eigenvalue weighted by molar-refractivity contribution is 4.77. The van der Waals surface area contributed by atoms with E-state index in [1.807, 2.05) is 0 Å². The minimum atomic E-state index is 0.801. The van der Waals surface area contributed by atoms with Gasteiger partial charge in [0.25, 0.3) is 0 Å². The fraction of sp³-hybridized carbons (Fsp3) is 1.00. The molecule has 0 aromatic heterocycles. The maximum absolute atomic E-state index is 2.61. The van der Waals surface area contributed by atoms with E-state index < -0.39 is 0 Å². The third-order valence-electron chi connectivity index (χ3n) is 3.59. The van der Waals surface area contributed by atoms with E-state index in [0.29, 0.717) is 0 Å². The Balaban J connectivity index is 2.53. The summed E-state index contributed by atoms with van der Waals surface area (Å²) in [7, 11) is 0. The van der Waals surface area contributed by atoms with E-state index in [9.17, 15) is 0 Å². The number of nitrogens with zero attached hydrogens (tertiary/aromatic N) is 1. The van der Waals surface area contributed by atoms with Crippen molar-refractivity contribution < 1.29 is 0 Å². The van der Waals surface area contributed by atoms with E-state index in [1.54, 1.807) is 0 Å². The first-order chi connectivity index (χ1) is 5.65. The Morgan fingerprint density at radius 3 is 2.42 bits per heavy atom. The first kappa shape index (κ1) is 10.0. The van der Waals surface area contributed by atoms with Crippen molar-refractivity contribution in [2.24, 2.45) is 11.8 Å². The van der Waals surface area contributed by atoms with Crippen LogP contribution < -0.4 is 0 Å². The first-order valence-electron chi connectivity index (χ1n) is 5.39. The molecule has 0 N–H and O–H groups in total. The number of hydrogen-bond donors (Lipinski definition) is 0. The molecular weight excluding hydrogens is 146 g/mol. The summed E-state index contributed by atoms with van der Waals surface area (Å²) in [5.74, 6) is 1.83. The van der Waals surface area contributed by atoms with Gasteiger partial charge in [-0.15, -0.1) is 0 Å². The van der Waals surface area contributed by atoms with Gasteiger partial charge in [-0.1, -0.05) is 20.8 Å². The second-order valence-corrected chi connectivity index (χ2v) is 4.46. The van der Waals surface area contributed by atoms with Crippen LogP contribution in [0.4, 0.5) is 0 Å². The molecule has 0 aromatic carbocycles. The Bertz CT molecular complexity index is 133. The normalized spacial score (nSPS) is 39.5. The van der Waals surface area contributed by atoms with Crippen LogP contribution in [0.3, 0.4) is 0 Å². The van der Waals surface area contributed by atoms with Crippen molar-refractivity contribution in [1.82, 2.24) is 4.90 Å². The smallest absolute Gasteiger partial charge is 0.00694 e. The lowest BCUT2D eigenvalue weighted by Crippen LogP contribution is -2.32. The van der Waals surface area contributed by atoms with Crippen molar-refractivity contribution in [2.45, 2.75) is 46.6 Å². The van der Waals surface area contributed by atoms with Crippen molar-refractivity contribution >= 4 is 0 Å². The van der Waals surface area contributed by atoms with Crippen LogP contribution in [0.1, 0.15) is 40.5 Å². The molecule has 0 aromatic rings. The maximum Gasteiger partial charge on any atom is 0.00694 e. The van der Waals surface area contributed by atoms with Gasteiger partial charge in [-0.05, 0) is 44.7 Å². The molecule has 1 heteroatoms. The van der Waals surface area contributed by atoms with E-state index >= 15 is 0 Å². The van der Waals surface area contributed by atoms with Gasteiger partial charge < -0.3 is 4.90 Å². The monoisotopic (exact) mass is 169 g/mol. The van der Waals surface area contributed by atoms with Crippen molar-refractivity contribution in [3.05, 3.63) is 0 Å². The molecular formula is C11H23N. The predicted octanol–water partition coefficient (Wildman–Crippen LogP) is 2.76. The molecule has 1 aliphatic rings. The molecule has 0 radical (unpaired) electrons. The lowest BCUT2D eigenvalue weighted by atomic mass is 9.90. The molecule has 0 aliphatic carbocycles. The van der Waals surface area contributed by atoms with Crippen LogP contribution in [0.2, 0.25) is 0 Å². The summed E-state index contributed by atoms with van der Waals surface area (Å²) in [6, 6.07) is 0.801. The van der Waals surface area contributed by atoms with Crippen LogP contribution in [-0.2, 0) is 0 Å². The summed E-state index contributed by atoms with van der Waals surface area (Å²) >= 11 is 0. The summed E-state index contributed by atoms with van der Waals surface area (Å²) < 4.78 is 0. The Morgan fingerprint density at radius 1 is 1.17 bits per heavy atom. The average molecular weight is 169 g/mol. The van der Waals surface area contributed by atoms with Gasteiger partial charge >= 0.3 is 0 Å². The Kier molecular flexibility index (Phi) is 3.57. The fourth-order valence-corrected chi connectivity index (χ4v) is 2.26. The lowest BCUT2D eigenvalue weighted by molar-refractivity contribution is 0.218. The summed E-state index contributed by atoms with van der Waals surface area (Å²) in [5.41, 5.74) is 0. The Hall–Kier alpha value is -0.0400. The van der Waals surface area contributed by atoms with Gasteiger partial charge in [0.2, 0.25) is 0 Å². The molecule has 0 bridgehead atoms. The minimum absolute atomic E-state index is 0.801. The maximum atomic E-state index is 2.61. The molecule has 1 rings (SSSR count). The molecule has 0 spiro atoms. The highest BCUT2D eigenvalue weighted by Crippen LogP contribution is 2.26. The van der Waals surface area contributed by atoms with Gasteiger partial charge in [-0.2, -0.15) is 0 Å². The standard InChI is InChI=1S/C11H23N/c1-5-12-7-6-9(2)10(3)8-11(12)4/h9-11H,5-8H2,1-4H3. The van der Waals surface area contributed by atoms with Crippen molar-refractivity contribution in [1.29, 1.82) is 0 Å². The van der Waals surface area contributed by atoms with E-state index in [0.717, 1.165) is 17.9 Å². The molecule has 1 aliphatic heterocycles. The summed E-state index contributed by atoms with van der Waals surface area (Å²) in [5, 5.41) is 0. The zero-order valence-electron chi connectivity index (χ0n) is 9.01. The number of rotatable bonds is 1. The molecule has 0 amide bonds. The molecule has 3 unspecified atom stereocenters. The zero-order chi connectivity index (χ0) is 9.14. The summed E-state index contributed by atoms with van der Waals surface area (Å²) in [6.45, 7) is 12.0. The van der Waals surface area contributed by atoms with Crippen LogP contribution in [-0.4, -0.2) is 24.0 Å². The van der Waals surface area contributed by atoms with Gasteiger partial charge in [0, 0.05) is 6.04 Å². The quantitative estimate of drug-likeness (QED) is 0.583. The van der Waals surface area contributed by atoms with Crippen LogP contribution in [0, 0.1) is 11.8 Å². The highest BCUT2D eigenvalue weighted by atomic mass is 15.1. The molecule has 1 heterocycles. The van der Waals surface area contributed by atoms with Crippen LogP contribution in [0.5, 0.6) is 0 Å². The molecule has 3 atom stereocenters. The third kappa shape index (κ3) is 2.22. The van der Waals surface area contributed by atoms with Crippen molar-refractivity contribution in [2.75, 3.05) is 13.1 Å². The van der Waals surface area contributed by atoms with Gasteiger partial charge in [0.15, 0.2) is 0 Å². The second kappa shape index (κ2) is 4.27. The van der Waals surface area contributed by atoms with Crippen molar-refractivity contribution in [3.8, 4) is 0 Å². The minimum Gasteiger partial charge on any atom is -0.301 e. The van der Waals surface area contributed by atoms with Crippen LogP contribution >= 0.6 is 0 Å². The van der Waals surface area contributed by atoms with Crippen LogP contribution in [0.25, 0.3) is 0 Å². The lowest BCUT2D eigenvalue weighted by Gasteiger charge is -2.25. The largest absolute Gasteiger partial charge is 0.301 e. The second-order valence-electron chi connectivity index (χ2n) is 4.46. The topological polar surface area (TPSA) is 3.24 Å². The molecule has 1 saturated heterocycles. The number of likely N-dealkylation sites (tertiary alicyclic amines) is 1. The van der Waals surface area contributed by atoms with E-state index in [4.69, 9.17) is 0 Å². The summed E-state index contributed by atoms with van der Waals surface area (Å²) in [4.78, 5) is 2.61. The molecule has 1 fully saturated rings. The predicted molar refractivity (Wildman–Crippen MR) is 54.3 cm³/mol. The van der Waals surface area contributed by atoms with Gasteiger partial charge in [-0.25, -0.2) is 0 Å². The third-order valence-corrected chi connectivity index (χ3v) is 3.59. The van der Waals surface area contributed by atoms with E-state index in [1.165, 1.54) is 25.9 Å². The SMILES string of the molecule is CCN1CCC(C)C(C)CC1C.